The van der Waals surface area contributed by atoms with Crippen LogP contribution in [0.4, 0.5) is 0 Å². The summed E-state index contributed by atoms with van der Waals surface area (Å²) < 4.78 is 16.3. The average molecular weight is 283 g/mol. The van der Waals surface area contributed by atoms with Gasteiger partial charge in [0.1, 0.15) is 12.7 Å². The highest BCUT2D eigenvalue weighted by molar-refractivity contribution is 5.43. The molecule has 2 N–H and O–H groups in total. The molecule has 0 aliphatic rings. The van der Waals surface area contributed by atoms with Crippen LogP contribution in [-0.4, -0.2) is 44.7 Å². The van der Waals surface area contributed by atoms with Crippen LogP contribution >= 0.6 is 0 Å². The summed E-state index contributed by atoms with van der Waals surface area (Å²) in [5.74, 6) is 1.34. The number of aliphatic hydroxyl groups excluding tert-OH is 1. The summed E-state index contributed by atoms with van der Waals surface area (Å²) >= 11 is 0. The largest absolute Gasteiger partial charge is 0.490 e. The lowest BCUT2D eigenvalue weighted by atomic mass is 10.2. The Labute approximate surface area is 120 Å². The molecular formula is C15H25NO4. The Hall–Kier alpha value is -1.30. The number of benzene rings is 1. The van der Waals surface area contributed by atoms with Crippen LogP contribution in [0.1, 0.15) is 19.4 Å². The van der Waals surface area contributed by atoms with E-state index in [9.17, 15) is 5.11 Å². The highest BCUT2D eigenvalue weighted by Gasteiger charge is 2.10. The van der Waals surface area contributed by atoms with E-state index in [4.69, 9.17) is 14.2 Å². The molecule has 1 aromatic carbocycles. The molecule has 1 aromatic rings. The van der Waals surface area contributed by atoms with Crippen LogP contribution in [0.25, 0.3) is 0 Å². The summed E-state index contributed by atoms with van der Waals surface area (Å²) in [6.07, 6.45) is -0.638. The Morgan fingerprint density at radius 3 is 2.55 bits per heavy atom. The lowest BCUT2D eigenvalue weighted by Gasteiger charge is -2.16. The summed E-state index contributed by atoms with van der Waals surface area (Å²) in [4.78, 5) is 0. The second-order valence-electron chi connectivity index (χ2n) is 4.37. The second-order valence-corrected chi connectivity index (χ2v) is 4.37. The van der Waals surface area contributed by atoms with Crippen molar-refractivity contribution >= 4 is 0 Å². The van der Waals surface area contributed by atoms with E-state index < -0.39 is 6.10 Å². The van der Waals surface area contributed by atoms with Gasteiger partial charge in [0.2, 0.25) is 0 Å². The van der Waals surface area contributed by atoms with E-state index in [-0.39, 0.29) is 13.2 Å². The van der Waals surface area contributed by atoms with Crippen molar-refractivity contribution in [1.82, 2.24) is 5.32 Å². The molecule has 0 spiro atoms. The van der Waals surface area contributed by atoms with E-state index >= 15 is 0 Å². The normalized spacial score (nSPS) is 12.2. The van der Waals surface area contributed by atoms with Crippen LogP contribution in [0.3, 0.4) is 0 Å². The minimum Gasteiger partial charge on any atom is -0.490 e. The van der Waals surface area contributed by atoms with Crippen LogP contribution in [0.5, 0.6) is 11.5 Å². The fourth-order valence-corrected chi connectivity index (χ4v) is 1.74. The second kappa shape index (κ2) is 9.58. The van der Waals surface area contributed by atoms with Crippen molar-refractivity contribution in [3.8, 4) is 11.5 Å². The summed E-state index contributed by atoms with van der Waals surface area (Å²) in [6.45, 7) is 6.21. The molecule has 0 bridgehead atoms. The molecule has 0 fully saturated rings. The number of hydrogen-bond donors (Lipinski definition) is 2. The third-order valence-corrected chi connectivity index (χ3v) is 2.63. The van der Waals surface area contributed by atoms with Crippen molar-refractivity contribution in [1.29, 1.82) is 0 Å². The van der Waals surface area contributed by atoms with Crippen LogP contribution in [0, 0.1) is 0 Å². The quantitative estimate of drug-likeness (QED) is 0.683. The maximum absolute atomic E-state index is 9.70. The molecule has 0 aromatic heterocycles. The number of rotatable bonds is 10. The maximum atomic E-state index is 9.70. The topological polar surface area (TPSA) is 60.0 Å². The van der Waals surface area contributed by atoms with Gasteiger partial charge in [-0.15, -0.1) is 0 Å². The monoisotopic (exact) mass is 283 g/mol. The van der Waals surface area contributed by atoms with Crippen LogP contribution in [-0.2, 0) is 11.3 Å². The van der Waals surface area contributed by atoms with Gasteiger partial charge in [0.05, 0.1) is 13.2 Å². The zero-order chi connectivity index (χ0) is 14.8. The van der Waals surface area contributed by atoms with Crippen molar-refractivity contribution in [2.75, 3.05) is 33.5 Å². The first-order chi connectivity index (χ1) is 9.71. The molecule has 1 rings (SSSR count). The van der Waals surface area contributed by atoms with E-state index in [1.165, 1.54) is 0 Å². The molecule has 1 unspecified atom stereocenters. The molecule has 0 saturated carbocycles. The first-order valence-electron chi connectivity index (χ1n) is 7.00. The van der Waals surface area contributed by atoms with Gasteiger partial charge in [-0.25, -0.2) is 0 Å². The Bertz CT molecular complexity index is 384. The van der Waals surface area contributed by atoms with Gasteiger partial charge in [-0.1, -0.05) is 6.07 Å². The van der Waals surface area contributed by atoms with Crippen LogP contribution in [0.2, 0.25) is 0 Å². The third-order valence-electron chi connectivity index (χ3n) is 2.63. The van der Waals surface area contributed by atoms with Gasteiger partial charge < -0.3 is 24.6 Å². The SMILES string of the molecule is CCOCC(O)COc1ccc(CNC)cc1OCC. The molecular weight excluding hydrogens is 258 g/mol. The predicted molar refractivity (Wildman–Crippen MR) is 78.4 cm³/mol. The van der Waals surface area contributed by atoms with Crippen molar-refractivity contribution in [3.05, 3.63) is 23.8 Å². The Morgan fingerprint density at radius 1 is 1.10 bits per heavy atom. The first-order valence-corrected chi connectivity index (χ1v) is 7.00. The zero-order valence-corrected chi connectivity index (χ0v) is 12.5. The van der Waals surface area contributed by atoms with Crippen LogP contribution < -0.4 is 14.8 Å². The molecule has 0 aliphatic heterocycles. The lowest BCUT2D eigenvalue weighted by Crippen LogP contribution is -2.23. The van der Waals surface area contributed by atoms with Gasteiger partial charge in [0, 0.05) is 13.2 Å². The summed E-state index contributed by atoms with van der Waals surface area (Å²) in [7, 11) is 1.90. The molecule has 0 radical (unpaired) electrons. The van der Waals surface area contributed by atoms with Gasteiger partial charge in [-0.05, 0) is 38.6 Å². The molecule has 5 heteroatoms. The summed E-state index contributed by atoms with van der Waals surface area (Å²) in [5, 5.41) is 12.8. The standard InChI is InChI=1S/C15H25NO4/c1-4-18-10-13(17)11-20-14-7-6-12(9-16-3)8-15(14)19-5-2/h6-8,13,16-17H,4-5,9-11H2,1-3H3. The van der Waals surface area contributed by atoms with Crippen LogP contribution in [0.15, 0.2) is 18.2 Å². The van der Waals surface area contributed by atoms with Gasteiger partial charge >= 0.3 is 0 Å². The van der Waals surface area contributed by atoms with E-state index in [2.05, 4.69) is 5.32 Å². The number of nitrogens with one attached hydrogen (secondary N) is 1. The molecule has 0 amide bonds. The van der Waals surface area contributed by atoms with Gasteiger partial charge in [-0.3, -0.25) is 0 Å². The Morgan fingerprint density at radius 2 is 1.90 bits per heavy atom. The maximum Gasteiger partial charge on any atom is 0.161 e. The minimum atomic E-state index is -0.638. The van der Waals surface area contributed by atoms with Crippen molar-refractivity contribution < 1.29 is 19.3 Å². The van der Waals surface area contributed by atoms with Crippen molar-refractivity contribution in [2.45, 2.75) is 26.5 Å². The van der Waals surface area contributed by atoms with E-state index in [0.717, 1.165) is 12.1 Å². The third kappa shape index (κ3) is 5.77. The lowest BCUT2D eigenvalue weighted by molar-refractivity contribution is 0.0158. The highest BCUT2D eigenvalue weighted by Crippen LogP contribution is 2.28. The molecule has 5 nitrogen and oxygen atoms in total. The minimum absolute atomic E-state index is 0.186. The molecule has 0 aliphatic carbocycles. The number of ether oxygens (including phenoxy) is 3. The fraction of sp³-hybridized carbons (Fsp3) is 0.600. The average Bonchev–Trinajstić information content (AvgIpc) is 2.45. The Kier molecular flexibility index (Phi) is 8.02. The van der Waals surface area contributed by atoms with Crippen molar-refractivity contribution in [2.24, 2.45) is 0 Å². The summed E-state index contributed by atoms with van der Waals surface area (Å²) in [5.41, 5.74) is 1.12. The van der Waals surface area contributed by atoms with Crippen molar-refractivity contribution in [3.63, 3.8) is 0 Å². The van der Waals surface area contributed by atoms with Gasteiger partial charge in [0.25, 0.3) is 0 Å². The van der Waals surface area contributed by atoms with E-state index in [1.54, 1.807) is 0 Å². The molecule has 114 valence electrons. The molecule has 1 atom stereocenters. The molecule has 0 saturated heterocycles. The number of hydrogen-bond acceptors (Lipinski definition) is 5. The van der Waals surface area contributed by atoms with Gasteiger partial charge in [-0.2, -0.15) is 0 Å². The van der Waals surface area contributed by atoms with E-state index in [1.807, 2.05) is 39.1 Å². The molecule has 20 heavy (non-hydrogen) atoms. The first kappa shape index (κ1) is 16.8. The predicted octanol–water partition coefficient (Wildman–Crippen LogP) is 1.58. The Balaban J connectivity index is 2.63. The number of aliphatic hydroxyl groups is 1. The zero-order valence-electron chi connectivity index (χ0n) is 12.5. The molecule has 0 heterocycles. The summed E-state index contributed by atoms with van der Waals surface area (Å²) in [6, 6.07) is 5.79. The fourth-order valence-electron chi connectivity index (χ4n) is 1.74. The van der Waals surface area contributed by atoms with Gasteiger partial charge in [0.15, 0.2) is 11.5 Å². The van der Waals surface area contributed by atoms with E-state index in [0.29, 0.717) is 24.7 Å². The smallest absolute Gasteiger partial charge is 0.161 e. The highest BCUT2D eigenvalue weighted by atomic mass is 16.5.